The summed E-state index contributed by atoms with van der Waals surface area (Å²) in [4.78, 5) is 11.4. The number of carbonyl (C=O) groups excluding carboxylic acids is 1. The van der Waals surface area contributed by atoms with Crippen molar-refractivity contribution >= 4 is 5.97 Å². The fourth-order valence-electron chi connectivity index (χ4n) is 1.45. The lowest BCUT2D eigenvalue weighted by Crippen LogP contribution is -2.16. The second kappa shape index (κ2) is 6.20. The van der Waals surface area contributed by atoms with Crippen molar-refractivity contribution in [2.45, 2.75) is 13.0 Å². The molecule has 0 aliphatic rings. The van der Waals surface area contributed by atoms with Crippen molar-refractivity contribution in [1.29, 1.82) is 0 Å². The van der Waals surface area contributed by atoms with Crippen LogP contribution in [0.2, 0.25) is 0 Å². The molecule has 0 fully saturated rings. The number of ether oxygens (including phenoxy) is 3. The number of aliphatic hydroxyl groups is 1. The van der Waals surface area contributed by atoms with Gasteiger partial charge >= 0.3 is 5.97 Å². The van der Waals surface area contributed by atoms with E-state index >= 15 is 0 Å². The molecular formula is C12H15FO5. The fraction of sp³-hybridized carbons (Fsp3) is 0.417. The minimum Gasteiger partial charge on any atom is -0.496 e. The number of methoxy groups -OCH3 is 2. The second-order valence-electron chi connectivity index (χ2n) is 3.38. The third-order valence-electron chi connectivity index (χ3n) is 2.31. The summed E-state index contributed by atoms with van der Waals surface area (Å²) in [5.74, 6) is -1.51. The lowest BCUT2D eigenvalue weighted by atomic mass is 10.1. The van der Waals surface area contributed by atoms with Gasteiger partial charge in [-0.05, 0) is 13.0 Å². The molecule has 100 valence electrons. The Morgan fingerprint density at radius 2 is 1.94 bits per heavy atom. The largest absolute Gasteiger partial charge is 0.496 e. The number of esters is 1. The van der Waals surface area contributed by atoms with Crippen molar-refractivity contribution in [3.05, 3.63) is 23.5 Å². The minimum atomic E-state index is -1.55. The van der Waals surface area contributed by atoms with E-state index in [4.69, 9.17) is 9.47 Å². The van der Waals surface area contributed by atoms with Gasteiger partial charge in [-0.2, -0.15) is 0 Å². The van der Waals surface area contributed by atoms with Crippen LogP contribution >= 0.6 is 0 Å². The Morgan fingerprint density at radius 3 is 2.44 bits per heavy atom. The predicted octanol–water partition coefficient (Wildman–Crippen LogP) is 1.44. The molecule has 0 amide bonds. The van der Waals surface area contributed by atoms with Crippen LogP contribution in [0.15, 0.2) is 12.1 Å². The number of benzene rings is 1. The maximum absolute atomic E-state index is 13.4. The van der Waals surface area contributed by atoms with Crippen molar-refractivity contribution in [3.8, 4) is 11.5 Å². The van der Waals surface area contributed by atoms with E-state index in [9.17, 15) is 14.3 Å². The van der Waals surface area contributed by atoms with Gasteiger partial charge in [0.05, 0.1) is 20.8 Å². The zero-order chi connectivity index (χ0) is 13.7. The highest BCUT2D eigenvalue weighted by Gasteiger charge is 2.24. The standard InChI is InChI=1S/C12H15FO5/c1-4-18-12(15)11(14)7-5-10(17-3)8(13)6-9(7)16-2/h5-6,11,14H,4H2,1-3H3. The van der Waals surface area contributed by atoms with Crippen molar-refractivity contribution in [3.63, 3.8) is 0 Å². The Hall–Kier alpha value is -1.82. The molecule has 0 saturated heterocycles. The Morgan fingerprint density at radius 1 is 1.33 bits per heavy atom. The van der Waals surface area contributed by atoms with Gasteiger partial charge in [-0.25, -0.2) is 9.18 Å². The Bertz CT molecular complexity index is 433. The molecule has 1 atom stereocenters. The van der Waals surface area contributed by atoms with Gasteiger partial charge in [0.2, 0.25) is 0 Å². The van der Waals surface area contributed by atoms with Crippen LogP contribution in [0.25, 0.3) is 0 Å². The van der Waals surface area contributed by atoms with Gasteiger partial charge in [-0.15, -0.1) is 0 Å². The van der Waals surface area contributed by atoms with Gasteiger partial charge in [0, 0.05) is 11.6 Å². The van der Waals surface area contributed by atoms with E-state index in [0.717, 1.165) is 6.07 Å². The third-order valence-corrected chi connectivity index (χ3v) is 2.31. The molecule has 0 aromatic heterocycles. The van der Waals surface area contributed by atoms with Crippen LogP contribution in [0.1, 0.15) is 18.6 Å². The first kappa shape index (κ1) is 14.2. The molecule has 0 heterocycles. The Balaban J connectivity index is 3.16. The summed E-state index contributed by atoms with van der Waals surface area (Å²) >= 11 is 0. The molecule has 1 aromatic rings. The molecule has 0 aliphatic carbocycles. The molecule has 6 heteroatoms. The lowest BCUT2D eigenvalue weighted by molar-refractivity contribution is -0.153. The SMILES string of the molecule is CCOC(=O)C(O)c1cc(OC)c(F)cc1OC. The summed E-state index contributed by atoms with van der Waals surface area (Å²) < 4.78 is 27.8. The summed E-state index contributed by atoms with van der Waals surface area (Å²) in [7, 11) is 2.59. The zero-order valence-corrected chi connectivity index (χ0v) is 10.4. The summed E-state index contributed by atoms with van der Waals surface area (Å²) in [6.45, 7) is 1.75. The summed E-state index contributed by atoms with van der Waals surface area (Å²) in [5.41, 5.74) is 0.0919. The average molecular weight is 258 g/mol. The van der Waals surface area contributed by atoms with E-state index in [1.54, 1.807) is 6.92 Å². The van der Waals surface area contributed by atoms with Crippen LogP contribution in [0.4, 0.5) is 4.39 Å². The minimum absolute atomic E-state index is 0.0499. The average Bonchev–Trinajstić information content (AvgIpc) is 2.37. The molecular weight excluding hydrogens is 243 g/mol. The smallest absolute Gasteiger partial charge is 0.339 e. The predicted molar refractivity (Wildman–Crippen MR) is 61.1 cm³/mol. The van der Waals surface area contributed by atoms with Gasteiger partial charge in [0.25, 0.3) is 0 Å². The molecule has 0 aliphatic heterocycles. The molecule has 1 N–H and O–H groups in total. The van der Waals surface area contributed by atoms with Crippen LogP contribution in [-0.2, 0) is 9.53 Å². The topological polar surface area (TPSA) is 65.0 Å². The van der Waals surface area contributed by atoms with Crippen molar-refractivity contribution in [2.24, 2.45) is 0 Å². The molecule has 18 heavy (non-hydrogen) atoms. The van der Waals surface area contributed by atoms with E-state index < -0.39 is 17.9 Å². The van der Waals surface area contributed by atoms with Gasteiger partial charge < -0.3 is 19.3 Å². The highest BCUT2D eigenvalue weighted by molar-refractivity contribution is 5.77. The van der Waals surface area contributed by atoms with Crippen LogP contribution in [0.3, 0.4) is 0 Å². The van der Waals surface area contributed by atoms with Crippen LogP contribution < -0.4 is 9.47 Å². The monoisotopic (exact) mass is 258 g/mol. The fourth-order valence-corrected chi connectivity index (χ4v) is 1.45. The molecule has 5 nitrogen and oxygen atoms in total. The van der Waals surface area contributed by atoms with Crippen LogP contribution in [-0.4, -0.2) is 31.9 Å². The number of hydrogen-bond acceptors (Lipinski definition) is 5. The van der Waals surface area contributed by atoms with Crippen LogP contribution in [0.5, 0.6) is 11.5 Å². The van der Waals surface area contributed by atoms with Crippen molar-refractivity contribution in [2.75, 3.05) is 20.8 Å². The first-order valence-electron chi connectivity index (χ1n) is 5.31. The molecule has 0 radical (unpaired) electrons. The first-order valence-corrected chi connectivity index (χ1v) is 5.31. The number of halogens is 1. The van der Waals surface area contributed by atoms with E-state index in [2.05, 4.69) is 4.74 Å². The van der Waals surface area contributed by atoms with E-state index in [0.29, 0.717) is 0 Å². The molecule has 1 rings (SSSR count). The number of hydrogen-bond donors (Lipinski definition) is 1. The van der Waals surface area contributed by atoms with Crippen LogP contribution in [0, 0.1) is 5.82 Å². The first-order chi connectivity index (χ1) is 8.54. The molecule has 0 bridgehead atoms. The van der Waals surface area contributed by atoms with Gasteiger partial charge in [0.15, 0.2) is 17.7 Å². The molecule has 0 spiro atoms. The van der Waals surface area contributed by atoms with Gasteiger partial charge in [-0.1, -0.05) is 0 Å². The lowest BCUT2D eigenvalue weighted by Gasteiger charge is -2.15. The summed E-state index contributed by atoms with van der Waals surface area (Å²) in [6.07, 6.45) is -1.55. The quantitative estimate of drug-likeness (QED) is 0.809. The molecule has 1 aromatic carbocycles. The highest BCUT2D eigenvalue weighted by atomic mass is 19.1. The zero-order valence-electron chi connectivity index (χ0n) is 10.4. The maximum Gasteiger partial charge on any atom is 0.339 e. The van der Waals surface area contributed by atoms with Gasteiger partial charge in [0.1, 0.15) is 5.75 Å². The van der Waals surface area contributed by atoms with E-state index in [-0.39, 0.29) is 23.7 Å². The van der Waals surface area contributed by atoms with E-state index in [1.807, 2.05) is 0 Å². The van der Waals surface area contributed by atoms with E-state index in [1.165, 1.54) is 20.3 Å². The molecule has 1 unspecified atom stereocenters. The normalized spacial score (nSPS) is 11.8. The number of aliphatic hydroxyl groups excluding tert-OH is 1. The third kappa shape index (κ3) is 2.89. The highest BCUT2D eigenvalue weighted by Crippen LogP contribution is 2.32. The number of rotatable bonds is 5. The maximum atomic E-state index is 13.4. The van der Waals surface area contributed by atoms with Crippen molar-refractivity contribution in [1.82, 2.24) is 0 Å². The summed E-state index contributed by atoms with van der Waals surface area (Å²) in [5, 5.41) is 9.81. The Kier molecular flexibility index (Phi) is 4.91. The Labute approximate surface area is 104 Å². The summed E-state index contributed by atoms with van der Waals surface area (Å²) in [6, 6.07) is 2.24. The van der Waals surface area contributed by atoms with Gasteiger partial charge in [-0.3, -0.25) is 0 Å². The number of carbonyl (C=O) groups is 1. The van der Waals surface area contributed by atoms with Crippen molar-refractivity contribution < 1.29 is 28.5 Å². The second-order valence-corrected chi connectivity index (χ2v) is 3.38. The molecule has 0 saturated carbocycles.